The van der Waals surface area contributed by atoms with E-state index in [0.29, 0.717) is 0 Å². The molecule has 1 heterocycles. The van der Waals surface area contributed by atoms with Gasteiger partial charge in [-0.25, -0.2) is 8.78 Å². The molecule has 1 aliphatic carbocycles. The van der Waals surface area contributed by atoms with E-state index >= 15 is 0 Å². The van der Waals surface area contributed by atoms with Crippen molar-refractivity contribution in [3.63, 3.8) is 0 Å². The van der Waals surface area contributed by atoms with Crippen LogP contribution in [0, 0.1) is 11.6 Å². The fourth-order valence-corrected chi connectivity index (χ4v) is 4.86. The molecule has 4 heteroatoms. The third kappa shape index (κ3) is 2.04. The van der Waals surface area contributed by atoms with Gasteiger partial charge in [-0.3, -0.25) is 0 Å². The summed E-state index contributed by atoms with van der Waals surface area (Å²) in [6.07, 6.45) is 0. The van der Waals surface area contributed by atoms with Gasteiger partial charge in [-0.1, -0.05) is 34.7 Å². The van der Waals surface area contributed by atoms with E-state index in [9.17, 15) is 8.78 Å². The van der Waals surface area contributed by atoms with Crippen LogP contribution < -0.4 is 0 Å². The number of hydrogen-bond donors (Lipinski definition) is 0. The Morgan fingerprint density at radius 1 is 0.810 bits per heavy atom. The Labute approximate surface area is 138 Å². The first-order chi connectivity index (χ1) is 10.1. The minimum absolute atomic E-state index is 0.0772. The van der Waals surface area contributed by atoms with Crippen LogP contribution in [0.3, 0.4) is 0 Å². The zero-order valence-electron chi connectivity index (χ0n) is 10.7. The second-order valence-electron chi connectivity index (χ2n) is 4.99. The summed E-state index contributed by atoms with van der Waals surface area (Å²) in [4.78, 5) is 1.01. The lowest BCUT2D eigenvalue weighted by Gasteiger charge is -2.14. The number of rotatable bonds is 0. The predicted molar refractivity (Wildman–Crippen MR) is 91.0 cm³/mol. The summed E-state index contributed by atoms with van der Waals surface area (Å²) in [6.45, 7) is 0. The molecule has 1 aromatic heterocycles. The normalized spacial score (nSPS) is 15.9. The quantitative estimate of drug-likeness (QED) is 0.306. The van der Waals surface area contributed by atoms with E-state index in [-0.39, 0.29) is 15.6 Å². The Kier molecular flexibility index (Phi) is 3.11. The summed E-state index contributed by atoms with van der Waals surface area (Å²) in [7, 11) is 0. The predicted octanol–water partition coefficient (Wildman–Crippen LogP) is 6.20. The van der Waals surface area contributed by atoms with Crippen LogP contribution in [0.25, 0.3) is 21.6 Å². The molecule has 1 aliphatic rings. The van der Waals surface area contributed by atoms with Crippen LogP contribution in [0.4, 0.5) is 8.78 Å². The van der Waals surface area contributed by atoms with E-state index in [0.717, 1.165) is 32.7 Å². The highest BCUT2D eigenvalue weighted by Gasteiger charge is 2.26. The van der Waals surface area contributed by atoms with Gasteiger partial charge in [0.2, 0.25) is 0 Å². The largest absolute Gasteiger partial charge is 0.207 e. The first-order valence-corrected chi connectivity index (χ1v) is 8.59. The molecule has 0 nitrogen and oxygen atoms in total. The SMILES string of the molecule is Fc1ccc2c(c1)-c1ccsc1-c1cc(F)ccc1C2I. The molecule has 2 aromatic carbocycles. The second-order valence-corrected chi connectivity index (χ2v) is 7.15. The van der Waals surface area contributed by atoms with Crippen LogP contribution in [0.2, 0.25) is 0 Å². The molecule has 0 amide bonds. The summed E-state index contributed by atoms with van der Waals surface area (Å²) in [5.74, 6) is -0.486. The summed E-state index contributed by atoms with van der Waals surface area (Å²) < 4.78 is 27.5. The van der Waals surface area contributed by atoms with Gasteiger partial charge in [-0.2, -0.15) is 0 Å². The minimum Gasteiger partial charge on any atom is -0.207 e. The second kappa shape index (κ2) is 4.88. The van der Waals surface area contributed by atoms with Gasteiger partial charge in [0.15, 0.2) is 0 Å². The van der Waals surface area contributed by atoms with Crippen molar-refractivity contribution in [3.8, 4) is 21.6 Å². The van der Waals surface area contributed by atoms with Gasteiger partial charge in [0.05, 0.1) is 3.92 Å². The molecule has 0 N–H and O–H groups in total. The van der Waals surface area contributed by atoms with Crippen LogP contribution in [0.5, 0.6) is 0 Å². The molecule has 0 saturated heterocycles. The number of hydrogen-bond acceptors (Lipinski definition) is 1. The van der Waals surface area contributed by atoms with Gasteiger partial charge in [0.25, 0.3) is 0 Å². The van der Waals surface area contributed by atoms with Gasteiger partial charge < -0.3 is 0 Å². The number of halogens is 3. The molecule has 104 valence electrons. The Morgan fingerprint density at radius 3 is 2.14 bits per heavy atom. The van der Waals surface area contributed by atoms with Gasteiger partial charge in [0, 0.05) is 10.4 Å². The fourth-order valence-electron chi connectivity index (χ4n) is 2.83. The lowest BCUT2D eigenvalue weighted by atomic mass is 9.99. The monoisotopic (exact) mass is 410 g/mol. The number of fused-ring (bicyclic) bond motifs is 5. The lowest BCUT2D eigenvalue weighted by molar-refractivity contribution is 0.628. The Balaban J connectivity index is 2.13. The van der Waals surface area contributed by atoms with Crippen molar-refractivity contribution >= 4 is 33.9 Å². The number of benzene rings is 2. The third-order valence-electron chi connectivity index (χ3n) is 3.78. The van der Waals surface area contributed by atoms with E-state index in [4.69, 9.17) is 0 Å². The third-order valence-corrected chi connectivity index (χ3v) is 6.07. The maximum Gasteiger partial charge on any atom is 0.123 e. The molecule has 0 saturated carbocycles. The van der Waals surface area contributed by atoms with Crippen LogP contribution in [-0.2, 0) is 0 Å². The molecule has 21 heavy (non-hydrogen) atoms. The van der Waals surface area contributed by atoms with E-state index < -0.39 is 0 Å². The molecule has 1 atom stereocenters. The standard InChI is InChI=1S/C17H9F2IS/c18-9-1-3-11-14(7-9)13-5-6-21-17(13)15-8-10(19)2-4-12(15)16(11)20/h1-8,16H. The maximum absolute atomic E-state index is 13.7. The summed E-state index contributed by atoms with van der Waals surface area (Å²) in [5, 5.41) is 1.97. The zero-order valence-corrected chi connectivity index (χ0v) is 13.7. The topological polar surface area (TPSA) is 0 Å². The Morgan fingerprint density at radius 2 is 1.43 bits per heavy atom. The zero-order chi connectivity index (χ0) is 14.6. The van der Waals surface area contributed by atoms with Gasteiger partial charge in [0.1, 0.15) is 11.6 Å². The molecule has 1 unspecified atom stereocenters. The molecule has 0 fully saturated rings. The van der Waals surface area contributed by atoms with Crippen LogP contribution in [0.15, 0.2) is 47.8 Å². The van der Waals surface area contributed by atoms with Crippen LogP contribution >= 0.6 is 33.9 Å². The minimum atomic E-state index is -0.244. The van der Waals surface area contributed by atoms with Crippen molar-refractivity contribution < 1.29 is 8.78 Å². The van der Waals surface area contributed by atoms with Crippen molar-refractivity contribution in [3.05, 3.63) is 70.6 Å². The fraction of sp³-hybridized carbons (Fsp3) is 0.0588. The van der Waals surface area contributed by atoms with Gasteiger partial charge in [-0.15, -0.1) is 11.3 Å². The van der Waals surface area contributed by atoms with Crippen molar-refractivity contribution in [1.82, 2.24) is 0 Å². The average Bonchev–Trinajstić information content (AvgIpc) is 2.92. The molecule has 4 rings (SSSR count). The molecular weight excluding hydrogens is 401 g/mol. The Bertz CT molecular complexity index is 786. The summed E-state index contributed by atoms with van der Waals surface area (Å²) in [5.41, 5.74) is 4.95. The molecule has 0 aliphatic heterocycles. The van der Waals surface area contributed by atoms with Gasteiger partial charge in [-0.05, 0) is 58.0 Å². The first-order valence-electron chi connectivity index (χ1n) is 6.46. The van der Waals surface area contributed by atoms with Crippen molar-refractivity contribution in [2.75, 3.05) is 0 Å². The van der Waals surface area contributed by atoms with Crippen molar-refractivity contribution in [1.29, 1.82) is 0 Å². The van der Waals surface area contributed by atoms with Crippen LogP contribution in [-0.4, -0.2) is 0 Å². The molecule has 0 radical (unpaired) electrons. The van der Waals surface area contributed by atoms with Gasteiger partial charge >= 0.3 is 0 Å². The number of alkyl halides is 1. The van der Waals surface area contributed by atoms with E-state index in [1.807, 2.05) is 23.6 Å². The average molecular weight is 410 g/mol. The maximum atomic E-state index is 13.7. The Hall–Kier alpha value is -1.27. The number of thiophene rings is 1. The molecule has 0 spiro atoms. The van der Waals surface area contributed by atoms with E-state index in [2.05, 4.69) is 22.6 Å². The lowest BCUT2D eigenvalue weighted by Crippen LogP contribution is -1.95. The highest BCUT2D eigenvalue weighted by molar-refractivity contribution is 14.1. The first kappa shape index (κ1) is 13.4. The van der Waals surface area contributed by atoms with Crippen LogP contribution in [0.1, 0.15) is 15.1 Å². The van der Waals surface area contributed by atoms with E-state index in [1.54, 1.807) is 23.5 Å². The molecule has 3 aromatic rings. The smallest absolute Gasteiger partial charge is 0.123 e. The van der Waals surface area contributed by atoms with Crippen molar-refractivity contribution in [2.24, 2.45) is 0 Å². The van der Waals surface area contributed by atoms with Crippen molar-refractivity contribution in [2.45, 2.75) is 3.92 Å². The summed E-state index contributed by atoms with van der Waals surface area (Å²) in [6, 6.07) is 11.8. The van der Waals surface area contributed by atoms with E-state index in [1.165, 1.54) is 12.1 Å². The summed E-state index contributed by atoms with van der Waals surface area (Å²) >= 11 is 3.91. The molecular formula is C17H9F2IS. The highest BCUT2D eigenvalue weighted by Crippen LogP contribution is 2.50. The highest BCUT2D eigenvalue weighted by atomic mass is 127. The molecule has 0 bridgehead atoms.